The molecule has 5 heteroatoms. The van der Waals surface area contributed by atoms with Crippen LogP contribution in [0.5, 0.6) is 5.75 Å². The SMILES string of the molecule is COc1cccc(N)c1C(=O)NC(C)c1ccc(C)o1. The maximum atomic E-state index is 12.3. The van der Waals surface area contributed by atoms with Crippen LogP contribution < -0.4 is 15.8 Å². The Morgan fingerprint density at radius 2 is 2.10 bits per heavy atom. The van der Waals surface area contributed by atoms with Crippen LogP contribution in [-0.4, -0.2) is 13.0 Å². The molecular formula is C15H18N2O3. The van der Waals surface area contributed by atoms with Crippen molar-refractivity contribution in [2.24, 2.45) is 0 Å². The molecule has 1 heterocycles. The van der Waals surface area contributed by atoms with E-state index in [2.05, 4.69) is 5.32 Å². The molecule has 106 valence electrons. The van der Waals surface area contributed by atoms with E-state index in [0.29, 0.717) is 22.8 Å². The second-order valence-electron chi connectivity index (χ2n) is 4.57. The largest absolute Gasteiger partial charge is 0.496 e. The molecule has 0 saturated carbocycles. The average molecular weight is 274 g/mol. The van der Waals surface area contributed by atoms with E-state index in [-0.39, 0.29) is 11.9 Å². The van der Waals surface area contributed by atoms with E-state index in [1.54, 1.807) is 18.2 Å². The Kier molecular flexibility index (Phi) is 3.98. The normalized spacial score (nSPS) is 11.9. The number of carbonyl (C=O) groups excluding carboxylic acids is 1. The van der Waals surface area contributed by atoms with Gasteiger partial charge in [-0.3, -0.25) is 4.79 Å². The fourth-order valence-corrected chi connectivity index (χ4v) is 1.99. The van der Waals surface area contributed by atoms with Crippen LogP contribution in [-0.2, 0) is 0 Å². The number of nitrogens with one attached hydrogen (secondary N) is 1. The monoisotopic (exact) mass is 274 g/mol. The first-order valence-electron chi connectivity index (χ1n) is 6.32. The molecule has 1 unspecified atom stereocenters. The molecule has 0 aliphatic rings. The summed E-state index contributed by atoms with van der Waals surface area (Å²) in [4.78, 5) is 12.3. The Morgan fingerprint density at radius 1 is 1.35 bits per heavy atom. The number of nitrogens with two attached hydrogens (primary N) is 1. The number of aryl methyl sites for hydroxylation is 1. The smallest absolute Gasteiger partial charge is 0.257 e. The summed E-state index contributed by atoms with van der Waals surface area (Å²) in [6, 6.07) is 8.55. The van der Waals surface area contributed by atoms with Crippen LogP contribution >= 0.6 is 0 Å². The van der Waals surface area contributed by atoms with E-state index < -0.39 is 0 Å². The van der Waals surface area contributed by atoms with Crippen LogP contribution in [0.1, 0.15) is 34.8 Å². The first-order chi connectivity index (χ1) is 9.52. The van der Waals surface area contributed by atoms with Gasteiger partial charge in [-0.1, -0.05) is 6.07 Å². The summed E-state index contributed by atoms with van der Waals surface area (Å²) >= 11 is 0. The molecule has 20 heavy (non-hydrogen) atoms. The maximum Gasteiger partial charge on any atom is 0.257 e. The molecule has 5 nitrogen and oxygen atoms in total. The van der Waals surface area contributed by atoms with Crippen molar-refractivity contribution in [1.29, 1.82) is 0 Å². The minimum absolute atomic E-state index is 0.250. The number of nitrogen functional groups attached to an aromatic ring is 1. The molecule has 0 fully saturated rings. The topological polar surface area (TPSA) is 77.5 Å². The van der Waals surface area contributed by atoms with Gasteiger partial charge in [0.15, 0.2) is 0 Å². The van der Waals surface area contributed by atoms with E-state index in [0.717, 1.165) is 5.76 Å². The lowest BCUT2D eigenvalue weighted by Crippen LogP contribution is -2.27. The van der Waals surface area contributed by atoms with Crippen LogP contribution in [0.4, 0.5) is 5.69 Å². The molecule has 2 rings (SSSR count). The number of amides is 1. The standard InChI is InChI=1S/C15H18N2O3/c1-9-7-8-12(20-9)10(2)17-15(18)14-11(16)5-4-6-13(14)19-3/h4-8,10H,16H2,1-3H3,(H,17,18). The zero-order valence-corrected chi connectivity index (χ0v) is 11.8. The molecule has 0 radical (unpaired) electrons. The highest BCUT2D eigenvalue weighted by Crippen LogP contribution is 2.25. The predicted molar refractivity (Wildman–Crippen MR) is 76.7 cm³/mol. The minimum atomic E-state index is -0.290. The second-order valence-corrected chi connectivity index (χ2v) is 4.57. The van der Waals surface area contributed by atoms with Crippen LogP contribution in [0.2, 0.25) is 0 Å². The van der Waals surface area contributed by atoms with Gasteiger partial charge >= 0.3 is 0 Å². The Balaban J connectivity index is 2.20. The molecule has 1 amide bonds. The van der Waals surface area contributed by atoms with Gasteiger partial charge in [0.05, 0.1) is 13.2 Å². The number of hydrogen-bond acceptors (Lipinski definition) is 4. The van der Waals surface area contributed by atoms with Crippen molar-refractivity contribution >= 4 is 11.6 Å². The summed E-state index contributed by atoms with van der Waals surface area (Å²) in [5.74, 6) is 1.66. The summed E-state index contributed by atoms with van der Waals surface area (Å²) in [7, 11) is 1.50. The molecule has 0 aliphatic heterocycles. The van der Waals surface area contributed by atoms with Crippen molar-refractivity contribution in [1.82, 2.24) is 5.32 Å². The summed E-state index contributed by atoms with van der Waals surface area (Å²) in [6.45, 7) is 3.71. The lowest BCUT2D eigenvalue weighted by molar-refractivity contribution is 0.0933. The highest BCUT2D eigenvalue weighted by atomic mass is 16.5. The third-order valence-corrected chi connectivity index (χ3v) is 3.04. The minimum Gasteiger partial charge on any atom is -0.496 e. The number of furan rings is 1. The van der Waals surface area contributed by atoms with Gasteiger partial charge in [-0.05, 0) is 38.1 Å². The highest BCUT2D eigenvalue weighted by molar-refractivity contribution is 6.02. The maximum absolute atomic E-state index is 12.3. The molecule has 1 atom stereocenters. The zero-order chi connectivity index (χ0) is 14.7. The van der Waals surface area contributed by atoms with Gasteiger partial charge in [-0.2, -0.15) is 0 Å². The summed E-state index contributed by atoms with van der Waals surface area (Å²) < 4.78 is 10.7. The predicted octanol–water partition coefficient (Wildman–Crippen LogP) is 2.67. The Labute approximate surface area is 117 Å². The van der Waals surface area contributed by atoms with Gasteiger partial charge in [0.25, 0.3) is 5.91 Å². The number of methoxy groups -OCH3 is 1. The van der Waals surface area contributed by atoms with E-state index in [4.69, 9.17) is 14.9 Å². The Bertz CT molecular complexity index is 619. The fraction of sp³-hybridized carbons (Fsp3) is 0.267. The highest BCUT2D eigenvalue weighted by Gasteiger charge is 2.19. The molecule has 0 saturated heterocycles. The van der Waals surface area contributed by atoms with Crippen molar-refractivity contribution in [2.75, 3.05) is 12.8 Å². The number of benzene rings is 1. The third kappa shape index (κ3) is 2.77. The van der Waals surface area contributed by atoms with Crippen molar-refractivity contribution in [3.8, 4) is 5.75 Å². The van der Waals surface area contributed by atoms with Crippen LogP contribution in [0.15, 0.2) is 34.7 Å². The van der Waals surface area contributed by atoms with Gasteiger partial charge in [-0.15, -0.1) is 0 Å². The number of ether oxygens (including phenoxy) is 1. The summed E-state index contributed by atoms with van der Waals surface area (Å²) in [5.41, 5.74) is 6.57. The fourth-order valence-electron chi connectivity index (χ4n) is 1.99. The van der Waals surface area contributed by atoms with Crippen molar-refractivity contribution in [2.45, 2.75) is 19.9 Å². The number of anilines is 1. The molecule has 1 aromatic carbocycles. The number of carbonyl (C=O) groups is 1. The quantitative estimate of drug-likeness (QED) is 0.840. The Morgan fingerprint density at radius 3 is 2.70 bits per heavy atom. The molecule has 0 bridgehead atoms. The second kappa shape index (κ2) is 5.69. The van der Waals surface area contributed by atoms with Crippen molar-refractivity contribution in [3.63, 3.8) is 0 Å². The first-order valence-corrected chi connectivity index (χ1v) is 6.32. The molecule has 0 aliphatic carbocycles. The van der Waals surface area contributed by atoms with E-state index in [1.165, 1.54) is 7.11 Å². The molecule has 1 aromatic heterocycles. The van der Waals surface area contributed by atoms with Gasteiger partial charge in [0.1, 0.15) is 22.8 Å². The van der Waals surface area contributed by atoms with Crippen molar-refractivity contribution in [3.05, 3.63) is 47.4 Å². The number of rotatable bonds is 4. The lowest BCUT2D eigenvalue weighted by Gasteiger charge is -2.15. The van der Waals surface area contributed by atoms with Gasteiger partial charge < -0.3 is 20.2 Å². The molecule has 2 aromatic rings. The van der Waals surface area contributed by atoms with Gasteiger partial charge in [0, 0.05) is 5.69 Å². The zero-order valence-electron chi connectivity index (χ0n) is 11.8. The molecule has 3 N–H and O–H groups in total. The van der Waals surface area contributed by atoms with Crippen LogP contribution in [0, 0.1) is 6.92 Å². The van der Waals surface area contributed by atoms with Gasteiger partial charge in [0.2, 0.25) is 0 Å². The van der Waals surface area contributed by atoms with E-state index in [1.807, 2.05) is 26.0 Å². The molecule has 0 spiro atoms. The third-order valence-electron chi connectivity index (χ3n) is 3.04. The average Bonchev–Trinajstić information content (AvgIpc) is 2.84. The van der Waals surface area contributed by atoms with E-state index >= 15 is 0 Å². The lowest BCUT2D eigenvalue weighted by atomic mass is 10.1. The van der Waals surface area contributed by atoms with E-state index in [9.17, 15) is 4.79 Å². The summed E-state index contributed by atoms with van der Waals surface area (Å²) in [6.07, 6.45) is 0. The number of hydrogen-bond donors (Lipinski definition) is 2. The van der Waals surface area contributed by atoms with Gasteiger partial charge in [-0.25, -0.2) is 0 Å². The Hall–Kier alpha value is -2.43. The van der Waals surface area contributed by atoms with Crippen molar-refractivity contribution < 1.29 is 13.9 Å². The summed E-state index contributed by atoms with van der Waals surface area (Å²) in [5, 5.41) is 2.85. The first kappa shape index (κ1) is 14.0. The van der Waals surface area contributed by atoms with Crippen LogP contribution in [0.25, 0.3) is 0 Å². The van der Waals surface area contributed by atoms with Crippen LogP contribution in [0.3, 0.4) is 0 Å². The molecular weight excluding hydrogens is 256 g/mol.